The second-order valence-electron chi connectivity index (χ2n) is 28.5. The van der Waals surface area contributed by atoms with Crippen molar-refractivity contribution in [3.8, 4) is 0 Å². The second kappa shape index (κ2) is 51.1. The molecule has 0 aromatic heterocycles. The number of hydrogen-bond donors (Lipinski definition) is 1. The highest BCUT2D eigenvalue weighted by atomic mass is 19.2. The number of quaternary nitrogens is 1. The third-order valence-corrected chi connectivity index (χ3v) is 20.6. The lowest BCUT2D eigenvalue weighted by Crippen LogP contribution is -3.07. The van der Waals surface area contributed by atoms with E-state index in [1.165, 1.54) is 327 Å². The van der Waals surface area contributed by atoms with E-state index in [1.54, 1.807) is 4.90 Å². The van der Waals surface area contributed by atoms with E-state index in [4.69, 9.17) is 0 Å². The first-order valence-electron chi connectivity index (χ1n) is 39.2. The van der Waals surface area contributed by atoms with Gasteiger partial charge in [0.15, 0.2) is 69.8 Å². The van der Waals surface area contributed by atoms with Crippen molar-refractivity contribution >= 4 is 33.7 Å². The van der Waals surface area contributed by atoms with Crippen LogP contribution in [-0.4, -0.2) is 19.2 Å². The summed E-state index contributed by atoms with van der Waals surface area (Å²) in [4.78, 5) is 1.74. The van der Waals surface area contributed by atoms with Crippen molar-refractivity contribution in [2.75, 3.05) is 13.1 Å². The summed E-state index contributed by atoms with van der Waals surface area (Å²) in [6.07, 6.45) is 63.2. The van der Waals surface area contributed by atoms with Crippen LogP contribution in [-0.2, 0) is 0 Å². The highest BCUT2D eigenvalue weighted by Crippen LogP contribution is 2.32. The Morgan fingerprint density at radius 2 is 0.317 bits per heavy atom. The van der Waals surface area contributed by atoms with E-state index in [0.29, 0.717) is 0 Å². The predicted molar refractivity (Wildman–Crippen MR) is 379 cm³/mol. The molecule has 0 aliphatic carbocycles. The van der Waals surface area contributed by atoms with E-state index < -0.39 is 144 Å². The summed E-state index contributed by atoms with van der Waals surface area (Å²) in [5.41, 5.74) is -12.8. The van der Waals surface area contributed by atoms with Gasteiger partial charge in [-0.3, -0.25) is 0 Å². The first-order valence-corrected chi connectivity index (χ1v) is 39.2. The summed E-state index contributed by atoms with van der Waals surface area (Å²) in [6, 6.07) is 11.4. The smallest absolute Gasteiger partial charge is 0.200 e. The minimum atomic E-state index is -7.22. The van der Waals surface area contributed by atoms with Gasteiger partial charge < -0.3 is 4.90 Å². The Balaban J connectivity index is 0.000000455. The van der Waals surface area contributed by atoms with Crippen LogP contribution in [0.1, 0.15) is 322 Å². The standard InChI is InChI=1S/C58H111N.C24BF20/c1-3-5-7-9-11-13-15-17-19-21-23-25-27-29-31-33-35-37-39-41-43-45-47-52-56-59(58-54-50-49-51-55-58)57-53-48-46-44-42-40-38-36-34-32-30-28-26-24-22-20-18-16-14-12-10-8-6-4-2;26-5-1(6(27)14(35)21(42)13(5)34)25(2-7(28)15(36)22(43)16(37)8(2)29,3-9(30)17(38)23(44)18(39)10(3)31)4-11(32)19(40)24(45)20(41)12(4)33/h49-51,54-55H,3-48,52-53,56-57H2,1-2H3;/q;-1/p+1. The summed E-state index contributed by atoms with van der Waals surface area (Å²) < 4.78 is 294. The molecule has 1 nitrogen and oxygen atoms in total. The lowest BCUT2D eigenvalue weighted by atomic mass is 9.12. The van der Waals surface area contributed by atoms with Gasteiger partial charge in [0.25, 0.3) is 0 Å². The van der Waals surface area contributed by atoms with Crippen molar-refractivity contribution in [1.29, 1.82) is 0 Å². The SMILES string of the molecule is CCCCCCCCCCCCCCCCCCCCCCCCCC[NH+](CCCCCCCCCCCCCCCCCCCCCCCCCC)c1ccccc1.Fc1c(F)c(F)c([B-](c2c(F)c(F)c(F)c(F)c2F)(c2c(F)c(F)c(F)c(F)c2F)c2c(F)c(F)c(F)c(F)c2F)c(F)c1F. The maximum atomic E-state index is 15.4. The number of nitrogens with one attached hydrogen (secondary N) is 1. The van der Waals surface area contributed by atoms with Crippen LogP contribution < -0.4 is 26.8 Å². The summed E-state index contributed by atoms with van der Waals surface area (Å²) >= 11 is 0. The molecule has 0 atom stereocenters. The molecule has 0 saturated carbocycles. The number of hydrogen-bond acceptors (Lipinski definition) is 0. The molecule has 0 fully saturated rings. The van der Waals surface area contributed by atoms with Crippen LogP contribution in [0.2, 0.25) is 0 Å². The molecular formula is C82H112BF20N. The molecule has 5 rings (SSSR count). The molecule has 0 heterocycles. The van der Waals surface area contributed by atoms with Gasteiger partial charge in [-0.15, -0.1) is 21.9 Å². The zero-order valence-electron chi connectivity index (χ0n) is 61.4. The molecule has 1 N–H and O–H groups in total. The number of para-hydroxylation sites is 1. The molecule has 5 aromatic rings. The lowest BCUT2D eigenvalue weighted by molar-refractivity contribution is -0.833. The Morgan fingerprint density at radius 3 is 0.471 bits per heavy atom. The van der Waals surface area contributed by atoms with Crippen molar-refractivity contribution in [1.82, 2.24) is 0 Å². The van der Waals surface area contributed by atoms with Crippen molar-refractivity contribution in [3.05, 3.63) is 147 Å². The molecule has 0 aliphatic heterocycles. The Labute approximate surface area is 605 Å². The van der Waals surface area contributed by atoms with Gasteiger partial charge in [-0.2, -0.15) is 0 Å². The minimum Gasteiger partial charge on any atom is -0.302 e. The molecule has 0 radical (unpaired) electrons. The number of halogens is 20. The zero-order chi connectivity index (χ0) is 76.4. The van der Waals surface area contributed by atoms with Crippen molar-refractivity contribution in [2.45, 2.75) is 322 Å². The van der Waals surface area contributed by atoms with Gasteiger partial charge in [0.05, 0.1) is 13.1 Å². The molecule has 0 saturated heterocycles. The average molecular weight is 1500 g/mol. The van der Waals surface area contributed by atoms with Crippen LogP contribution in [0.3, 0.4) is 0 Å². The Morgan fingerprint density at radius 1 is 0.183 bits per heavy atom. The summed E-state index contributed by atoms with van der Waals surface area (Å²) in [5.74, 6) is -71.4. The van der Waals surface area contributed by atoms with E-state index in [2.05, 4.69) is 44.2 Å². The fourth-order valence-corrected chi connectivity index (χ4v) is 14.6. The van der Waals surface area contributed by atoms with Crippen LogP contribution in [0, 0.1) is 116 Å². The van der Waals surface area contributed by atoms with Gasteiger partial charge in [0.1, 0.15) is 58.4 Å². The fraction of sp³-hybridized carbons (Fsp3) is 0.634. The molecule has 104 heavy (non-hydrogen) atoms. The molecule has 0 unspecified atom stereocenters. The van der Waals surface area contributed by atoms with Gasteiger partial charge in [-0.05, 0) is 37.8 Å². The van der Waals surface area contributed by atoms with Crippen LogP contribution >= 0.6 is 0 Å². The Bertz CT molecular complexity index is 2800. The molecule has 588 valence electrons. The van der Waals surface area contributed by atoms with Crippen molar-refractivity contribution in [3.63, 3.8) is 0 Å². The molecule has 5 aromatic carbocycles. The maximum absolute atomic E-state index is 15.4. The predicted octanol–water partition coefficient (Wildman–Crippen LogP) is 25.8. The molecule has 0 amide bonds. The molecule has 0 spiro atoms. The minimum absolute atomic E-state index is 1.32. The monoisotopic (exact) mass is 1500 g/mol. The third-order valence-electron chi connectivity index (χ3n) is 20.6. The topological polar surface area (TPSA) is 4.44 Å². The third kappa shape index (κ3) is 27.7. The highest BCUT2D eigenvalue weighted by Gasteiger charge is 2.52. The molecule has 22 heteroatoms. The van der Waals surface area contributed by atoms with E-state index in [9.17, 15) is 52.7 Å². The van der Waals surface area contributed by atoms with E-state index in [1.807, 2.05) is 0 Å². The average Bonchev–Trinajstić information content (AvgIpc) is 0.682. The first-order chi connectivity index (χ1) is 50.1. The molecular weight excluding hydrogens is 1390 g/mol. The van der Waals surface area contributed by atoms with Gasteiger partial charge in [-0.1, -0.05) is 315 Å². The molecule has 0 bridgehead atoms. The first kappa shape index (κ1) is 91.1. The maximum Gasteiger partial charge on any atom is 0.200 e. The van der Waals surface area contributed by atoms with Gasteiger partial charge in [-0.25, -0.2) is 87.8 Å². The van der Waals surface area contributed by atoms with Crippen LogP contribution in [0.5, 0.6) is 0 Å². The fourth-order valence-electron chi connectivity index (χ4n) is 14.6. The van der Waals surface area contributed by atoms with E-state index in [-0.39, 0.29) is 0 Å². The molecule has 0 aliphatic rings. The van der Waals surface area contributed by atoms with Gasteiger partial charge >= 0.3 is 0 Å². The normalized spacial score (nSPS) is 11.8. The van der Waals surface area contributed by atoms with Crippen LogP contribution in [0.25, 0.3) is 0 Å². The van der Waals surface area contributed by atoms with Crippen molar-refractivity contribution < 1.29 is 92.7 Å². The van der Waals surface area contributed by atoms with Crippen LogP contribution in [0.4, 0.5) is 93.5 Å². The summed E-state index contributed by atoms with van der Waals surface area (Å²) in [7, 11) is 0. The number of benzene rings is 5. The zero-order valence-corrected chi connectivity index (χ0v) is 61.4. The largest absolute Gasteiger partial charge is 0.302 e. The Hall–Kier alpha value is -5.28. The lowest BCUT2D eigenvalue weighted by Gasteiger charge is -2.44. The number of unbranched alkanes of at least 4 members (excludes halogenated alkanes) is 46. The van der Waals surface area contributed by atoms with E-state index >= 15 is 35.1 Å². The van der Waals surface area contributed by atoms with E-state index in [0.717, 1.165) is 0 Å². The van der Waals surface area contributed by atoms with Gasteiger partial charge in [0.2, 0.25) is 0 Å². The van der Waals surface area contributed by atoms with Gasteiger partial charge in [0, 0.05) is 0 Å². The summed E-state index contributed by atoms with van der Waals surface area (Å²) in [5, 5.41) is 0. The number of rotatable bonds is 55. The van der Waals surface area contributed by atoms with Crippen molar-refractivity contribution in [2.24, 2.45) is 0 Å². The summed E-state index contributed by atoms with van der Waals surface area (Å²) in [6.45, 7) is 7.27. The highest BCUT2D eigenvalue weighted by molar-refractivity contribution is 7.20. The second-order valence-corrected chi connectivity index (χ2v) is 28.5. The quantitative estimate of drug-likeness (QED) is 0.0130. The Kier molecular flexibility index (Phi) is 44.8. The van der Waals surface area contributed by atoms with Crippen LogP contribution in [0.15, 0.2) is 30.3 Å².